The summed E-state index contributed by atoms with van der Waals surface area (Å²) in [4.78, 5) is 38.9. The Labute approximate surface area is 390 Å². The molecule has 0 saturated carbocycles. The van der Waals surface area contributed by atoms with Crippen molar-refractivity contribution in [2.45, 2.75) is 148 Å². The van der Waals surface area contributed by atoms with E-state index < -0.39 is 0 Å². The molecule has 5 nitrogen and oxygen atoms in total. The minimum atomic E-state index is -0.0454. The number of fused-ring (bicyclic) bond motifs is 4. The molecule has 0 aliphatic carbocycles. The molecule has 4 aromatic carbocycles. The minimum Gasteiger partial charge on any atom is -0.340 e. The number of carbonyl (C=O) groups is 2. The first-order chi connectivity index (χ1) is 31.2. The number of hydrogen-bond acceptors (Lipinski definition) is 4. The second-order valence-electron chi connectivity index (χ2n) is 18.5. The van der Waals surface area contributed by atoms with Gasteiger partial charge in [-0.15, -0.1) is 0 Å². The molecular formula is C58H73N3O2S. The second-order valence-corrected chi connectivity index (χ2v) is 19.6. The zero-order chi connectivity index (χ0) is 45.2. The average Bonchev–Trinajstić information content (AvgIpc) is 3.72. The van der Waals surface area contributed by atoms with Gasteiger partial charge in [0.25, 0.3) is 11.8 Å². The fourth-order valence-corrected chi connectivity index (χ4v) is 11.1. The maximum atomic E-state index is 15.0. The fourth-order valence-electron chi connectivity index (χ4n) is 9.88. The zero-order valence-corrected chi connectivity index (χ0v) is 40.8. The minimum absolute atomic E-state index is 0.0369. The van der Waals surface area contributed by atoms with Crippen molar-refractivity contribution in [1.82, 2.24) is 0 Å². The number of anilines is 4. The van der Waals surface area contributed by atoms with Crippen molar-refractivity contribution in [3.63, 3.8) is 0 Å². The third-order valence-corrected chi connectivity index (χ3v) is 14.9. The maximum Gasteiger partial charge on any atom is 0.259 e. The van der Waals surface area contributed by atoms with Gasteiger partial charge >= 0.3 is 0 Å². The predicted molar refractivity (Wildman–Crippen MR) is 277 cm³/mol. The average molecular weight is 876 g/mol. The first kappa shape index (κ1) is 47.2. The van der Waals surface area contributed by atoms with Crippen molar-refractivity contribution in [2.24, 2.45) is 11.8 Å². The van der Waals surface area contributed by atoms with Gasteiger partial charge in [0.15, 0.2) is 0 Å². The van der Waals surface area contributed by atoms with Crippen LogP contribution in [-0.2, 0) is 9.59 Å². The van der Waals surface area contributed by atoms with Gasteiger partial charge in [-0.25, -0.2) is 0 Å². The molecule has 64 heavy (non-hydrogen) atoms. The van der Waals surface area contributed by atoms with Crippen molar-refractivity contribution < 1.29 is 9.59 Å². The van der Waals surface area contributed by atoms with Crippen molar-refractivity contribution in [3.8, 4) is 0 Å². The molecule has 0 fully saturated rings. The number of nitrogens with zero attached hydrogens (tertiary/aromatic N) is 3. The third-order valence-electron chi connectivity index (χ3n) is 13.8. The molecule has 2 amide bonds. The van der Waals surface area contributed by atoms with Crippen molar-refractivity contribution >= 4 is 75.7 Å². The summed E-state index contributed by atoms with van der Waals surface area (Å²) in [6.45, 7) is 17.7. The van der Waals surface area contributed by atoms with Crippen LogP contribution < -0.4 is 14.7 Å². The Morgan fingerprint density at radius 2 is 1.00 bits per heavy atom. The van der Waals surface area contributed by atoms with Crippen molar-refractivity contribution in [1.29, 1.82) is 0 Å². The summed E-state index contributed by atoms with van der Waals surface area (Å²) in [6, 6.07) is 26.5. The van der Waals surface area contributed by atoms with Crippen molar-refractivity contribution in [3.05, 3.63) is 112 Å². The Bertz CT molecular complexity index is 2370. The highest BCUT2D eigenvalue weighted by atomic mass is 32.2. The summed E-state index contributed by atoms with van der Waals surface area (Å²) in [5, 5.41) is 0. The Hall–Kier alpha value is -4.81. The van der Waals surface area contributed by atoms with E-state index in [1.165, 1.54) is 65.3 Å². The van der Waals surface area contributed by atoms with E-state index >= 15 is 4.79 Å². The number of allylic oxidation sites excluding steroid dienone is 1. The monoisotopic (exact) mass is 876 g/mol. The lowest BCUT2D eigenvalue weighted by atomic mass is 9.95. The van der Waals surface area contributed by atoms with Crippen LogP contribution in [0.4, 0.5) is 22.7 Å². The molecule has 3 aliphatic rings. The summed E-state index contributed by atoms with van der Waals surface area (Å²) in [5.41, 5.74) is 11.9. The largest absolute Gasteiger partial charge is 0.340 e. The smallest absolute Gasteiger partial charge is 0.259 e. The Kier molecular flexibility index (Phi) is 16.5. The van der Waals surface area contributed by atoms with Gasteiger partial charge in [0.05, 0.1) is 33.9 Å². The summed E-state index contributed by atoms with van der Waals surface area (Å²) in [5.74, 6) is 0.705. The van der Waals surface area contributed by atoms with Gasteiger partial charge in [0.1, 0.15) is 0 Å². The molecule has 0 saturated heterocycles. The summed E-state index contributed by atoms with van der Waals surface area (Å²) in [7, 11) is 0. The third kappa shape index (κ3) is 10.5. The van der Waals surface area contributed by atoms with Crippen LogP contribution in [0.5, 0.6) is 0 Å². The lowest BCUT2D eigenvalue weighted by Crippen LogP contribution is -2.34. The van der Waals surface area contributed by atoms with Crippen LogP contribution in [-0.4, -0.2) is 31.4 Å². The number of hydrogen-bond donors (Lipinski definition) is 0. The number of carbonyl (C=O) groups excluding carboxylic acids is 2. The van der Waals surface area contributed by atoms with Gasteiger partial charge in [0.2, 0.25) is 0 Å². The zero-order valence-electron chi connectivity index (χ0n) is 40.0. The van der Waals surface area contributed by atoms with Crippen LogP contribution in [0.2, 0.25) is 0 Å². The van der Waals surface area contributed by atoms with Gasteiger partial charge in [0, 0.05) is 40.6 Å². The lowest BCUT2D eigenvalue weighted by Gasteiger charge is -2.33. The highest BCUT2D eigenvalue weighted by Gasteiger charge is 2.43. The van der Waals surface area contributed by atoms with Gasteiger partial charge in [-0.05, 0) is 104 Å². The van der Waals surface area contributed by atoms with Gasteiger partial charge < -0.3 is 14.7 Å². The molecule has 2 atom stereocenters. The second kappa shape index (κ2) is 22.4. The van der Waals surface area contributed by atoms with E-state index in [1.54, 1.807) is 0 Å². The number of aryl methyl sites for hydroxylation is 1. The topological polar surface area (TPSA) is 43.9 Å². The summed E-state index contributed by atoms with van der Waals surface area (Å²) in [6.07, 6.45) is 25.1. The first-order valence-corrected chi connectivity index (χ1v) is 25.7. The Balaban J connectivity index is 1.23. The van der Waals surface area contributed by atoms with Crippen LogP contribution >= 0.6 is 11.8 Å². The molecule has 2 unspecified atom stereocenters. The quantitative estimate of drug-likeness (QED) is 0.0448. The number of benzene rings is 4. The van der Waals surface area contributed by atoms with E-state index in [0.717, 1.165) is 97.1 Å². The molecule has 338 valence electrons. The van der Waals surface area contributed by atoms with Gasteiger partial charge in [-0.1, -0.05) is 178 Å². The van der Waals surface area contributed by atoms with Gasteiger partial charge in [-0.2, -0.15) is 0 Å². The van der Waals surface area contributed by atoms with E-state index in [1.807, 2.05) is 21.6 Å². The SMILES string of the molecule is C/C=C/c1ccc2c(c1)Sc1cc(/C=C/c3ccc4c(c3)N(CC(CC)CCCC)C(=O)/C4=C3/C(=O)N(CC(CC)CCCC)c4cc(C)ccc43)ccc1N2CCCCCCCC. The van der Waals surface area contributed by atoms with Crippen LogP contribution in [0.15, 0.2) is 88.7 Å². The summed E-state index contributed by atoms with van der Waals surface area (Å²) >= 11 is 1.87. The Morgan fingerprint density at radius 3 is 1.55 bits per heavy atom. The number of amides is 2. The highest BCUT2D eigenvalue weighted by molar-refractivity contribution is 7.99. The van der Waals surface area contributed by atoms with E-state index in [4.69, 9.17) is 0 Å². The van der Waals surface area contributed by atoms with Crippen LogP contribution in [0.3, 0.4) is 0 Å². The predicted octanol–water partition coefficient (Wildman–Crippen LogP) is 16.2. The Morgan fingerprint density at radius 1 is 0.516 bits per heavy atom. The molecule has 6 heteroatoms. The normalized spacial score (nSPS) is 16.6. The molecule has 7 rings (SSSR count). The maximum absolute atomic E-state index is 15.0. The lowest BCUT2D eigenvalue weighted by molar-refractivity contribution is -0.114. The van der Waals surface area contributed by atoms with E-state index in [-0.39, 0.29) is 11.8 Å². The number of unbranched alkanes of at least 4 members (excludes halogenated alkanes) is 7. The molecule has 3 aliphatic heterocycles. The molecular weight excluding hydrogens is 803 g/mol. The van der Waals surface area contributed by atoms with Crippen LogP contribution in [0.25, 0.3) is 29.4 Å². The number of rotatable bonds is 22. The van der Waals surface area contributed by atoms with Crippen molar-refractivity contribution in [2.75, 3.05) is 34.3 Å². The van der Waals surface area contributed by atoms with Gasteiger partial charge in [-0.3, -0.25) is 9.59 Å². The molecule has 4 aromatic rings. The van der Waals surface area contributed by atoms with Crippen LogP contribution in [0, 0.1) is 18.8 Å². The standard InChI is InChI=1S/C58H73N3O2S/c1-8-14-17-18-19-20-34-59-49-32-28-44(21-11-4)37-53(49)64-54-38-46(29-33-50(54)59)26-25-45-27-31-48-52(36-45)61(40-43(13-6)23-16-10-3)58(63)56(48)55-47-30-24-41(7)35-51(47)60(57(55)62)39-42(12-5)22-15-9-2/h11,21,24-33,35-38,42-43H,8-10,12-20,22-23,34,39-40H2,1-7H3/b21-11+,26-25+,56-55+. The molecule has 3 heterocycles. The summed E-state index contributed by atoms with van der Waals surface area (Å²) < 4.78 is 0. The molecule has 0 N–H and O–H groups in total. The first-order valence-electron chi connectivity index (χ1n) is 24.9. The van der Waals surface area contributed by atoms with E-state index in [2.05, 4.69) is 150 Å². The fraction of sp³-hybridized carbons (Fsp3) is 0.448. The van der Waals surface area contributed by atoms with E-state index in [9.17, 15) is 4.79 Å². The molecule has 0 spiro atoms. The molecule has 0 radical (unpaired) electrons. The van der Waals surface area contributed by atoms with E-state index in [0.29, 0.717) is 36.1 Å². The van der Waals surface area contributed by atoms with Crippen LogP contribution in [0.1, 0.15) is 165 Å². The molecule has 0 bridgehead atoms. The highest BCUT2D eigenvalue weighted by Crippen LogP contribution is 2.50. The molecule has 0 aromatic heterocycles.